The molecule has 0 bridgehead atoms. The van der Waals surface area contributed by atoms with E-state index >= 15 is 0 Å². The number of nitrogens with zero attached hydrogens (tertiary/aromatic N) is 4. The second-order valence-corrected chi connectivity index (χ2v) is 9.51. The summed E-state index contributed by atoms with van der Waals surface area (Å²) in [6, 6.07) is 18.8. The van der Waals surface area contributed by atoms with Crippen molar-refractivity contribution in [3.63, 3.8) is 0 Å². The zero-order valence-electron chi connectivity index (χ0n) is 20.5. The summed E-state index contributed by atoms with van der Waals surface area (Å²) in [4.78, 5) is 14.1. The molecule has 1 unspecified atom stereocenters. The van der Waals surface area contributed by atoms with Crippen LogP contribution < -0.4 is 5.73 Å². The maximum Gasteiger partial charge on any atom is 0.138 e. The van der Waals surface area contributed by atoms with Crippen LogP contribution in [0.1, 0.15) is 11.6 Å². The van der Waals surface area contributed by atoms with Gasteiger partial charge in [0, 0.05) is 41.9 Å². The van der Waals surface area contributed by atoms with E-state index in [1.165, 1.54) is 12.1 Å². The Labute approximate surface area is 213 Å². The van der Waals surface area contributed by atoms with Crippen molar-refractivity contribution in [1.82, 2.24) is 30.0 Å². The molecule has 0 aliphatic rings. The van der Waals surface area contributed by atoms with E-state index in [1.54, 1.807) is 18.6 Å². The number of nitrogens with one attached hydrogen (secondary N) is 2. The normalized spacial score (nSPS) is 12.6. The molecule has 0 aliphatic carbocycles. The fraction of sp³-hybridized carbons (Fsp3) is 0.138. The summed E-state index contributed by atoms with van der Waals surface area (Å²) in [5.41, 5.74) is 14.2. The second kappa shape index (κ2) is 9.24. The lowest BCUT2D eigenvalue weighted by Crippen LogP contribution is -2.26. The summed E-state index contributed by atoms with van der Waals surface area (Å²) in [5.74, 6) is -0.315. The summed E-state index contributed by atoms with van der Waals surface area (Å²) >= 11 is 0. The first-order valence-electron chi connectivity index (χ1n) is 12.0. The van der Waals surface area contributed by atoms with Gasteiger partial charge < -0.3 is 15.6 Å². The smallest absolute Gasteiger partial charge is 0.138 e. The van der Waals surface area contributed by atoms with Gasteiger partial charge >= 0.3 is 0 Å². The number of benzene rings is 2. The monoisotopic (exact) mass is 491 g/mol. The molecule has 2 aromatic carbocycles. The average Bonchev–Trinajstić information content (AvgIpc) is 3.52. The molecule has 184 valence electrons. The first-order chi connectivity index (χ1) is 18.0. The Hall–Kier alpha value is -4.40. The molecule has 0 fully saturated rings. The Morgan fingerprint density at radius 3 is 2.54 bits per heavy atom. The van der Waals surface area contributed by atoms with Gasteiger partial charge in [-0.25, -0.2) is 9.37 Å². The predicted octanol–water partition coefficient (Wildman–Crippen LogP) is 5.54. The van der Waals surface area contributed by atoms with Crippen molar-refractivity contribution in [3.8, 4) is 33.6 Å². The van der Waals surface area contributed by atoms with Gasteiger partial charge in [0.2, 0.25) is 0 Å². The van der Waals surface area contributed by atoms with E-state index in [2.05, 4.69) is 37.3 Å². The van der Waals surface area contributed by atoms with Crippen LogP contribution in [0.4, 0.5) is 4.39 Å². The lowest BCUT2D eigenvalue weighted by molar-refractivity contribution is 0.376. The van der Waals surface area contributed by atoms with Gasteiger partial charge in [-0.15, -0.1) is 0 Å². The topological polar surface area (TPSA) is 99.5 Å². The maximum atomic E-state index is 14.7. The Morgan fingerprint density at radius 2 is 1.73 bits per heavy atom. The minimum Gasteiger partial charge on any atom is -0.338 e. The molecule has 6 rings (SSSR count). The van der Waals surface area contributed by atoms with Crippen LogP contribution in [0.5, 0.6) is 0 Å². The average molecular weight is 492 g/mol. The third-order valence-electron chi connectivity index (χ3n) is 6.58. The molecular formula is C29H26FN7. The van der Waals surface area contributed by atoms with Crippen LogP contribution in [0.2, 0.25) is 0 Å². The second-order valence-electron chi connectivity index (χ2n) is 9.51. The van der Waals surface area contributed by atoms with Gasteiger partial charge in [0.15, 0.2) is 0 Å². The molecule has 4 aromatic heterocycles. The van der Waals surface area contributed by atoms with E-state index in [1.807, 2.05) is 55.4 Å². The number of fused-ring (bicyclic) bond motifs is 2. The summed E-state index contributed by atoms with van der Waals surface area (Å²) in [6.07, 6.45) is 5.30. The Bertz CT molecular complexity index is 1720. The van der Waals surface area contributed by atoms with Crippen molar-refractivity contribution in [2.24, 2.45) is 5.73 Å². The van der Waals surface area contributed by atoms with E-state index in [0.717, 1.165) is 55.5 Å². The number of halogens is 1. The third kappa shape index (κ3) is 4.37. The molecule has 0 radical (unpaired) electrons. The highest BCUT2D eigenvalue weighted by molar-refractivity contribution is 6.00. The SMILES string of the molecule is CN(C)CC(N)c1cc(F)cc(-c2ccnc3[nH]c(-c4n[nH]c5ccc(-c6ccncc6)cc45)cc23)c1. The van der Waals surface area contributed by atoms with Gasteiger partial charge in [0.05, 0.1) is 11.2 Å². The lowest BCUT2D eigenvalue weighted by Gasteiger charge is -2.18. The van der Waals surface area contributed by atoms with Crippen molar-refractivity contribution in [3.05, 3.63) is 90.6 Å². The fourth-order valence-corrected chi connectivity index (χ4v) is 4.83. The first kappa shape index (κ1) is 23.0. The van der Waals surface area contributed by atoms with Gasteiger partial charge in [-0.3, -0.25) is 10.1 Å². The van der Waals surface area contributed by atoms with E-state index in [-0.39, 0.29) is 11.9 Å². The molecule has 0 saturated carbocycles. The molecule has 6 aromatic rings. The van der Waals surface area contributed by atoms with Crippen LogP contribution in [-0.2, 0) is 0 Å². The van der Waals surface area contributed by atoms with Crippen LogP contribution in [0.25, 0.3) is 55.6 Å². The predicted molar refractivity (Wildman–Crippen MR) is 145 cm³/mol. The molecular weight excluding hydrogens is 465 g/mol. The highest BCUT2D eigenvalue weighted by atomic mass is 19.1. The Balaban J connectivity index is 1.45. The molecule has 8 heteroatoms. The van der Waals surface area contributed by atoms with Crippen LogP contribution in [0.15, 0.2) is 79.3 Å². The van der Waals surface area contributed by atoms with Crippen LogP contribution >= 0.6 is 0 Å². The number of hydrogen-bond acceptors (Lipinski definition) is 5. The lowest BCUT2D eigenvalue weighted by atomic mass is 9.98. The van der Waals surface area contributed by atoms with Crippen molar-refractivity contribution in [2.45, 2.75) is 6.04 Å². The number of aromatic nitrogens is 5. The number of hydrogen-bond donors (Lipinski definition) is 3. The summed E-state index contributed by atoms with van der Waals surface area (Å²) < 4.78 is 14.7. The zero-order chi connectivity index (χ0) is 25.5. The molecule has 0 aliphatic heterocycles. The van der Waals surface area contributed by atoms with Gasteiger partial charge in [0.25, 0.3) is 0 Å². The highest BCUT2D eigenvalue weighted by Gasteiger charge is 2.17. The van der Waals surface area contributed by atoms with Crippen molar-refractivity contribution < 1.29 is 4.39 Å². The van der Waals surface area contributed by atoms with Gasteiger partial charge in [0.1, 0.15) is 17.2 Å². The summed E-state index contributed by atoms with van der Waals surface area (Å²) in [5, 5.41) is 9.60. The molecule has 0 spiro atoms. The number of H-pyrrole nitrogens is 2. The minimum atomic E-state index is -0.315. The molecule has 7 nitrogen and oxygen atoms in total. The van der Waals surface area contributed by atoms with E-state index in [9.17, 15) is 4.39 Å². The van der Waals surface area contributed by atoms with Crippen LogP contribution in [-0.4, -0.2) is 50.7 Å². The van der Waals surface area contributed by atoms with Gasteiger partial charge in [-0.1, -0.05) is 6.07 Å². The number of aromatic amines is 2. The minimum absolute atomic E-state index is 0.298. The van der Waals surface area contributed by atoms with Crippen molar-refractivity contribution >= 4 is 21.9 Å². The standard InChI is InChI=1S/C29H26FN7/c1-37(2)16-25(31)20-11-19(12-21(30)13-20)22-7-10-33-29-23(22)15-27(34-29)28-24-14-18(3-4-26(24)35-36-28)17-5-8-32-9-6-17/h3-15,25H,16,31H2,1-2H3,(H,33,34)(H,35,36). The zero-order valence-corrected chi connectivity index (χ0v) is 20.5. The summed E-state index contributed by atoms with van der Waals surface area (Å²) in [7, 11) is 3.90. The molecule has 4 heterocycles. The van der Waals surface area contributed by atoms with E-state index < -0.39 is 0 Å². The third-order valence-corrected chi connectivity index (χ3v) is 6.58. The number of pyridine rings is 2. The quantitative estimate of drug-likeness (QED) is 0.284. The summed E-state index contributed by atoms with van der Waals surface area (Å²) in [6.45, 7) is 0.622. The van der Waals surface area contributed by atoms with E-state index in [0.29, 0.717) is 12.2 Å². The molecule has 0 amide bonds. The Kier molecular flexibility index (Phi) is 5.75. The molecule has 4 N–H and O–H groups in total. The van der Waals surface area contributed by atoms with Gasteiger partial charge in [-0.2, -0.15) is 5.10 Å². The number of nitrogens with two attached hydrogens (primary N) is 1. The first-order valence-corrected chi connectivity index (χ1v) is 12.0. The maximum absolute atomic E-state index is 14.7. The molecule has 1 atom stereocenters. The van der Waals surface area contributed by atoms with E-state index in [4.69, 9.17) is 5.73 Å². The fourth-order valence-electron chi connectivity index (χ4n) is 4.83. The highest BCUT2D eigenvalue weighted by Crippen LogP contribution is 2.35. The Morgan fingerprint density at radius 1 is 0.892 bits per heavy atom. The van der Waals surface area contributed by atoms with Crippen molar-refractivity contribution in [1.29, 1.82) is 0 Å². The molecule has 0 saturated heterocycles. The molecule has 37 heavy (non-hydrogen) atoms. The number of likely N-dealkylation sites (N-methyl/N-ethyl adjacent to an activating group) is 1. The van der Waals surface area contributed by atoms with Gasteiger partial charge in [-0.05, 0) is 96.5 Å². The van der Waals surface area contributed by atoms with Crippen molar-refractivity contribution in [2.75, 3.05) is 20.6 Å². The largest absolute Gasteiger partial charge is 0.338 e. The van der Waals surface area contributed by atoms with Crippen LogP contribution in [0.3, 0.4) is 0 Å². The van der Waals surface area contributed by atoms with Crippen LogP contribution in [0, 0.1) is 5.82 Å². The number of rotatable bonds is 6.